The van der Waals surface area contributed by atoms with Gasteiger partial charge in [-0.3, -0.25) is 0 Å². The molecular formula is C17H20FN3. The maximum Gasteiger partial charge on any atom is 0.132 e. The van der Waals surface area contributed by atoms with E-state index in [2.05, 4.69) is 28.2 Å². The molecule has 0 bridgehead atoms. The van der Waals surface area contributed by atoms with E-state index in [-0.39, 0.29) is 5.82 Å². The van der Waals surface area contributed by atoms with Crippen LogP contribution in [0.1, 0.15) is 25.3 Å². The Morgan fingerprint density at radius 2 is 1.95 bits per heavy atom. The summed E-state index contributed by atoms with van der Waals surface area (Å²) < 4.78 is 13.0. The Morgan fingerprint density at radius 1 is 1.19 bits per heavy atom. The van der Waals surface area contributed by atoms with Crippen LogP contribution in [0.2, 0.25) is 0 Å². The molecule has 0 saturated heterocycles. The number of pyridine rings is 1. The second-order valence-electron chi connectivity index (χ2n) is 5.40. The van der Waals surface area contributed by atoms with Gasteiger partial charge in [0.05, 0.1) is 0 Å². The van der Waals surface area contributed by atoms with Crippen molar-refractivity contribution >= 4 is 11.5 Å². The van der Waals surface area contributed by atoms with E-state index in [0.717, 1.165) is 24.6 Å². The van der Waals surface area contributed by atoms with Gasteiger partial charge in [-0.15, -0.1) is 0 Å². The van der Waals surface area contributed by atoms with E-state index in [1.165, 1.54) is 30.5 Å². The maximum absolute atomic E-state index is 13.0. The van der Waals surface area contributed by atoms with Crippen LogP contribution in [0, 0.1) is 5.82 Å². The van der Waals surface area contributed by atoms with Crippen LogP contribution in [0.5, 0.6) is 0 Å². The summed E-state index contributed by atoms with van der Waals surface area (Å²) >= 11 is 0. The highest BCUT2D eigenvalue weighted by molar-refractivity contribution is 5.59. The van der Waals surface area contributed by atoms with Gasteiger partial charge in [0.2, 0.25) is 0 Å². The summed E-state index contributed by atoms with van der Waals surface area (Å²) in [4.78, 5) is 6.61. The lowest BCUT2D eigenvalue weighted by Gasteiger charge is -2.22. The molecule has 110 valence electrons. The van der Waals surface area contributed by atoms with Crippen LogP contribution < -0.4 is 10.2 Å². The maximum atomic E-state index is 13.0. The molecule has 2 aromatic rings. The molecule has 1 saturated carbocycles. The molecule has 1 fully saturated rings. The summed E-state index contributed by atoms with van der Waals surface area (Å²) in [5.74, 6) is 0.670. The summed E-state index contributed by atoms with van der Waals surface area (Å²) in [6, 6.07) is 11.3. The van der Waals surface area contributed by atoms with E-state index in [0.29, 0.717) is 6.04 Å². The first-order valence-electron chi connectivity index (χ1n) is 7.47. The summed E-state index contributed by atoms with van der Waals surface area (Å²) in [5, 5.41) is 3.48. The first-order chi connectivity index (χ1) is 10.3. The van der Waals surface area contributed by atoms with Crippen molar-refractivity contribution in [1.29, 1.82) is 0 Å². The van der Waals surface area contributed by atoms with Crippen LogP contribution >= 0.6 is 0 Å². The van der Waals surface area contributed by atoms with Crippen LogP contribution in [0.25, 0.3) is 0 Å². The molecule has 0 amide bonds. The normalized spacial score (nSPS) is 14.2. The van der Waals surface area contributed by atoms with Crippen LogP contribution in [0.3, 0.4) is 0 Å². The minimum atomic E-state index is -0.218. The zero-order chi connectivity index (χ0) is 14.7. The summed E-state index contributed by atoms with van der Waals surface area (Å²) in [6.07, 6.45) is 4.50. The van der Waals surface area contributed by atoms with Crippen molar-refractivity contribution in [1.82, 2.24) is 10.3 Å². The number of rotatable bonds is 6. The Morgan fingerprint density at radius 3 is 2.52 bits per heavy atom. The van der Waals surface area contributed by atoms with Gasteiger partial charge < -0.3 is 10.2 Å². The fourth-order valence-corrected chi connectivity index (χ4v) is 2.33. The predicted octanol–water partition coefficient (Wildman–Crippen LogP) is 3.63. The third-order valence-electron chi connectivity index (χ3n) is 3.71. The van der Waals surface area contributed by atoms with Crippen molar-refractivity contribution in [3.05, 3.63) is 54.0 Å². The fourth-order valence-electron chi connectivity index (χ4n) is 2.33. The molecule has 0 spiro atoms. The lowest BCUT2D eigenvalue weighted by molar-refractivity contribution is 0.628. The van der Waals surface area contributed by atoms with Crippen LogP contribution in [0.4, 0.5) is 15.9 Å². The lowest BCUT2D eigenvalue weighted by Crippen LogP contribution is -2.18. The van der Waals surface area contributed by atoms with Gasteiger partial charge in [-0.05, 0) is 55.7 Å². The summed E-state index contributed by atoms with van der Waals surface area (Å²) in [6.45, 7) is 3.73. The third-order valence-corrected chi connectivity index (χ3v) is 3.71. The predicted molar refractivity (Wildman–Crippen MR) is 83.2 cm³/mol. The second-order valence-corrected chi connectivity index (χ2v) is 5.40. The molecule has 4 heteroatoms. The Balaban J connectivity index is 1.72. The van der Waals surface area contributed by atoms with Crippen LogP contribution in [-0.2, 0) is 6.54 Å². The molecule has 1 aliphatic carbocycles. The molecule has 1 aromatic heterocycles. The minimum Gasteiger partial charge on any atom is -0.327 e. The average Bonchev–Trinajstić information content (AvgIpc) is 3.33. The van der Waals surface area contributed by atoms with E-state index in [4.69, 9.17) is 0 Å². The van der Waals surface area contributed by atoms with E-state index < -0.39 is 0 Å². The number of nitrogens with one attached hydrogen (secondary N) is 1. The molecule has 1 N–H and O–H groups in total. The minimum absolute atomic E-state index is 0.218. The Hall–Kier alpha value is -1.94. The monoisotopic (exact) mass is 285 g/mol. The molecular weight excluding hydrogens is 265 g/mol. The molecule has 1 aromatic carbocycles. The van der Waals surface area contributed by atoms with Crippen molar-refractivity contribution in [3.8, 4) is 0 Å². The van der Waals surface area contributed by atoms with Gasteiger partial charge in [0.1, 0.15) is 11.6 Å². The van der Waals surface area contributed by atoms with Crippen molar-refractivity contribution < 1.29 is 4.39 Å². The molecule has 0 atom stereocenters. The van der Waals surface area contributed by atoms with Gasteiger partial charge in [0.15, 0.2) is 0 Å². The quantitative estimate of drug-likeness (QED) is 0.878. The number of benzene rings is 1. The molecule has 0 radical (unpaired) electrons. The smallest absolute Gasteiger partial charge is 0.132 e. The molecule has 21 heavy (non-hydrogen) atoms. The number of anilines is 2. The molecule has 1 heterocycles. The van der Waals surface area contributed by atoms with E-state index in [1.807, 2.05) is 12.3 Å². The fraction of sp³-hybridized carbons (Fsp3) is 0.353. The first-order valence-corrected chi connectivity index (χ1v) is 7.47. The number of halogens is 1. The van der Waals surface area contributed by atoms with E-state index in [1.54, 1.807) is 12.1 Å². The molecule has 0 unspecified atom stereocenters. The van der Waals surface area contributed by atoms with Gasteiger partial charge in [0, 0.05) is 31.0 Å². The summed E-state index contributed by atoms with van der Waals surface area (Å²) in [5.41, 5.74) is 2.15. The third kappa shape index (κ3) is 3.58. The van der Waals surface area contributed by atoms with Gasteiger partial charge >= 0.3 is 0 Å². The topological polar surface area (TPSA) is 28.2 Å². The zero-order valence-corrected chi connectivity index (χ0v) is 12.2. The summed E-state index contributed by atoms with van der Waals surface area (Å²) in [7, 11) is 0. The highest BCUT2D eigenvalue weighted by atomic mass is 19.1. The van der Waals surface area contributed by atoms with Crippen molar-refractivity contribution in [2.45, 2.75) is 32.4 Å². The largest absolute Gasteiger partial charge is 0.327 e. The number of nitrogens with zero attached hydrogens (tertiary/aromatic N) is 2. The van der Waals surface area contributed by atoms with Crippen molar-refractivity contribution in [2.24, 2.45) is 0 Å². The zero-order valence-electron chi connectivity index (χ0n) is 12.2. The van der Waals surface area contributed by atoms with E-state index in [9.17, 15) is 4.39 Å². The Kier molecular flexibility index (Phi) is 4.15. The number of hydrogen-bond acceptors (Lipinski definition) is 3. The first kappa shape index (κ1) is 14.0. The van der Waals surface area contributed by atoms with Gasteiger partial charge in [-0.25, -0.2) is 9.37 Å². The molecule has 3 rings (SSSR count). The lowest BCUT2D eigenvalue weighted by atomic mass is 10.2. The standard InChI is InChI=1S/C17H20FN3/c1-2-21(16-8-4-14(18)5-9-16)17-10-3-13(12-20-17)11-19-15-6-7-15/h3-5,8-10,12,15,19H,2,6-7,11H2,1H3. The highest BCUT2D eigenvalue weighted by Crippen LogP contribution is 2.24. The number of aromatic nitrogens is 1. The molecule has 0 aliphatic heterocycles. The van der Waals surface area contributed by atoms with Crippen LogP contribution in [0.15, 0.2) is 42.6 Å². The Labute approximate surface area is 124 Å². The Bertz CT molecular complexity index is 576. The highest BCUT2D eigenvalue weighted by Gasteiger charge is 2.20. The average molecular weight is 285 g/mol. The van der Waals surface area contributed by atoms with Gasteiger partial charge in [-0.2, -0.15) is 0 Å². The van der Waals surface area contributed by atoms with Gasteiger partial charge in [0.25, 0.3) is 0 Å². The number of hydrogen-bond donors (Lipinski definition) is 1. The van der Waals surface area contributed by atoms with Crippen molar-refractivity contribution in [3.63, 3.8) is 0 Å². The second kappa shape index (κ2) is 6.22. The SMILES string of the molecule is CCN(c1ccc(F)cc1)c1ccc(CNC2CC2)cn1. The van der Waals surface area contributed by atoms with Crippen molar-refractivity contribution in [2.75, 3.05) is 11.4 Å². The van der Waals surface area contributed by atoms with Crippen LogP contribution in [-0.4, -0.2) is 17.6 Å². The van der Waals surface area contributed by atoms with E-state index >= 15 is 0 Å². The molecule has 1 aliphatic rings. The van der Waals surface area contributed by atoms with Gasteiger partial charge in [-0.1, -0.05) is 6.07 Å². The molecule has 3 nitrogen and oxygen atoms in total.